The number of carbonyl (C=O) groups is 1. The molecule has 1 aromatic heterocycles. The monoisotopic (exact) mass is 357 g/mol. The second-order valence-corrected chi connectivity index (χ2v) is 6.73. The van der Waals surface area contributed by atoms with E-state index in [1.807, 2.05) is 23.1 Å². The molecule has 0 unspecified atom stereocenters. The molecule has 3 rings (SSSR count). The van der Waals surface area contributed by atoms with Gasteiger partial charge in [-0.25, -0.2) is 9.78 Å². The van der Waals surface area contributed by atoms with Gasteiger partial charge in [0, 0.05) is 32.7 Å². The zero-order chi connectivity index (χ0) is 18.4. The zero-order valence-corrected chi connectivity index (χ0v) is 15.3. The van der Waals surface area contributed by atoms with Crippen molar-refractivity contribution in [1.29, 1.82) is 0 Å². The molecule has 0 atom stereocenters. The predicted molar refractivity (Wildman–Crippen MR) is 102 cm³/mol. The fraction of sp³-hybridized carbons (Fsp3) is 0.526. The van der Waals surface area contributed by atoms with E-state index in [9.17, 15) is 9.59 Å². The molecule has 26 heavy (non-hydrogen) atoms. The van der Waals surface area contributed by atoms with Crippen molar-refractivity contribution in [2.45, 2.75) is 32.7 Å². The molecular weight excluding hydrogens is 330 g/mol. The number of hydrogen-bond donors (Lipinski definition) is 2. The molecule has 0 spiro atoms. The lowest BCUT2D eigenvalue weighted by atomic mass is 10.2. The molecule has 1 aliphatic heterocycles. The minimum atomic E-state index is -0.101. The number of carbonyl (C=O) groups excluding carboxylic acids is 1. The Morgan fingerprint density at radius 2 is 1.96 bits per heavy atom. The lowest BCUT2D eigenvalue weighted by Gasteiger charge is -2.34. The second-order valence-electron chi connectivity index (χ2n) is 6.73. The average molecular weight is 357 g/mol. The van der Waals surface area contributed by atoms with Crippen LogP contribution < -0.4 is 10.9 Å². The zero-order valence-electron chi connectivity index (χ0n) is 15.3. The van der Waals surface area contributed by atoms with Gasteiger partial charge in [0.05, 0.1) is 17.4 Å². The summed E-state index contributed by atoms with van der Waals surface area (Å²) < 4.78 is 0. The van der Waals surface area contributed by atoms with Gasteiger partial charge in [0.2, 0.25) is 0 Å². The Morgan fingerprint density at radius 1 is 1.19 bits per heavy atom. The molecule has 1 aromatic carbocycles. The number of para-hydroxylation sites is 1. The van der Waals surface area contributed by atoms with E-state index in [2.05, 4.69) is 27.1 Å². The summed E-state index contributed by atoms with van der Waals surface area (Å²) in [5, 5.41) is 3.60. The van der Waals surface area contributed by atoms with Gasteiger partial charge in [0.1, 0.15) is 5.82 Å². The van der Waals surface area contributed by atoms with Gasteiger partial charge in [0.15, 0.2) is 0 Å². The quantitative estimate of drug-likeness (QED) is 0.774. The van der Waals surface area contributed by atoms with Crippen LogP contribution in [-0.4, -0.2) is 58.5 Å². The number of piperazine rings is 1. The number of aromatic nitrogens is 2. The number of urea groups is 1. The van der Waals surface area contributed by atoms with Gasteiger partial charge in [-0.3, -0.25) is 9.69 Å². The Hall–Kier alpha value is -2.41. The first-order valence-corrected chi connectivity index (χ1v) is 9.40. The number of H-pyrrole nitrogens is 1. The van der Waals surface area contributed by atoms with Crippen molar-refractivity contribution >= 4 is 16.9 Å². The van der Waals surface area contributed by atoms with Crippen LogP contribution in [0, 0.1) is 0 Å². The highest BCUT2D eigenvalue weighted by molar-refractivity contribution is 5.77. The van der Waals surface area contributed by atoms with Crippen LogP contribution in [0.15, 0.2) is 29.1 Å². The molecule has 1 fully saturated rings. The van der Waals surface area contributed by atoms with Crippen LogP contribution in [0.1, 0.15) is 32.0 Å². The number of nitrogens with one attached hydrogen (secondary N) is 2. The minimum absolute atomic E-state index is 0.0259. The number of rotatable bonds is 6. The van der Waals surface area contributed by atoms with Crippen molar-refractivity contribution in [3.8, 4) is 0 Å². The Labute approximate surface area is 153 Å². The van der Waals surface area contributed by atoms with E-state index in [1.165, 1.54) is 0 Å². The number of amides is 2. The third kappa shape index (κ3) is 4.60. The van der Waals surface area contributed by atoms with Crippen LogP contribution in [0.25, 0.3) is 10.9 Å². The Morgan fingerprint density at radius 3 is 2.73 bits per heavy atom. The summed E-state index contributed by atoms with van der Waals surface area (Å²) in [6.45, 7) is 6.42. The molecule has 0 bridgehead atoms. The molecule has 0 saturated carbocycles. The summed E-state index contributed by atoms with van der Waals surface area (Å²) in [5.41, 5.74) is 0.618. The van der Waals surface area contributed by atoms with Crippen LogP contribution in [0.3, 0.4) is 0 Å². The van der Waals surface area contributed by atoms with Gasteiger partial charge in [-0.1, -0.05) is 31.9 Å². The maximum absolute atomic E-state index is 12.2. The lowest BCUT2D eigenvalue weighted by molar-refractivity contribution is 0.133. The van der Waals surface area contributed by atoms with Crippen molar-refractivity contribution in [2.75, 3.05) is 32.7 Å². The predicted octanol–water partition coefficient (Wildman–Crippen LogP) is 1.94. The molecule has 0 radical (unpaired) electrons. The van der Waals surface area contributed by atoms with Crippen molar-refractivity contribution in [1.82, 2.24) is 25.1 Å². The normalized spacial score (nSPS) is 15.3. The average Bonchev–Trinajstić information content (AvgIpc) is 2.66. The first kappa shape index (κ1) is 18.4. The summed E-state index contributed by atoms with van der Waals surface area (Å²) in [6.07, 6.45) is 3.33. The van der Waals surface area contributed by atoms with Crippen molar-refractivity contribution in [2.24, 2.45) is 0 Å². The van der Waals surface area contributed by atoms with Gasteiger partial charge < -0.3 is 15.2 Å². The van der Waals surface area contributed by atoms with Crippen LogP contribution in [0.2, 0.25) is 0 Å². The number of fused-ring (bicyclic) bond motifs is 1. The molecule has 7 heteroatoms. The standard InChI is InChI=1S/C19H27N5O2/c1-2-3-6-9-20-19(26)24-12-10-23(11-13-24)14-17-21-16-8-5-4-7-15(16)18(25)22-17/h4-5,7-8H,2-3,6,9-14H2,1H3,(H,20,26)(H,21,22,25). The van der Waals surface area contributed by atoms with Crippen LogP contribution in [-0.2, 0) is 6.54 Å². The third-order valence-electron chi connectivity index (χ3n) is 4.75. The van der Waals surface area contributed by atoms with Crippen LogP contribution in [0.5, 0.6) is 0 Å². The van der Waals surface area contributed by atoms with E-state index < -0.39 is 0 Å². The number of nitrogens with zero attached hydrogens (tertiary/aromatic N) is 3. The van der Waals surface area contributed by atoms with Gasteiger partial charge >= 0.3 is 6.03 Å². The number of unbranched alkanes of at least 4 members (excludes halogenated alkanes) is 2. The van der Waals surface area contributed by atoms with E-state index in [0.29, 0.717) is 30.8 Å². The molecule has 140 valence electrons. The SMILES string of the molecule is CCCCCNC(=O)N1CCN(Cc2nc3ccccc3c(=O)[nH]2)CC1. The molecule has 2 aromatic rings. The van der Waals surface area contributed by atoms with Crippen molar-refractivity contribution in [3.63, 3.8) is 0 Å². The molecule has 2 amide bonds. The smallest absolute Gasteiger partial charge is 0.317 e. The first-order valence-electron chi connectivity index (χ1n) is 9.40. The second kappa shape index (κ2) is 8.80. The first-order chi connectivity index (χ1) is 12.7. The Balaban J connectivity index is 1.51. The maximum atomic E-state index is 12.2. The maximum Gasteiger partial charge on any atom is 0.317 e. The van der Waals surface area contributed by atoms with E-state index in [1.54, 1.807) is 6.07 Å². The van der Waals surface area contributed by atoms with Crippen molar-refractivity contribution < 1.29 is 4.79 Å². The third-order valence-corrected chi connectivity index (χ3v) is 4.75. The number of hydrogen-bond acceptors (Lipinski definition) is 4. The fourth-order valence-electron chi connectivity index (χ4n) is 3.21. The van der Waals surface area contributed by atoms with Gasteiger partial charge in [0.25, 0.3) is 5.56 Å². The highest BCUT2D eigenvalue weighted by Gasteiger charge is 2.21. The van der Waals surface area contributed by atoms with Crippen LogP contribution in [0.4, 0.5) is 4.79 Å². The molecule has 0 aliphatic carbocycles. The molecule has 1 saturated heterocycles. The van der Waals surface area contributed by atoms with E-state index in [4.69, 9.17) is 0 Å². The highest BCUT2D eigenvalue weighted by Crippen LogP contribution is 2.09. The molecule has 2 N–H and O–H groups in total. The Bertz CT molecular complexity index is 796. The summed E-state index contributed by atoms with van der Waals surface area (Å²) in [6, 6.07) is 7.39. The van der Waals surface area contributed by atoms with E-state index in [-0.39, 0.29) is 11.6 Å². The Kier molecular flexibility index (Phi) is 6.22. The molecule has 7 nitrogen and oxygen atoms in total. The molecule has 1 aliphatic rings. The van der Waals surface area contributed by atoms with Gasteiger partial charge in [-0.15, -0.1) is 0 Å². The molecular formula is C19H27N5O2. The fourth-order valence-corrected chi connectivity index (χ4v) is 3.21. The highest BCUT2D eigenvalue weighted by atomic mass is 16.2. The largest absolute Gasteiger partial charge is 0.338 e. The van der Waals surface area contributed by atoms with Crippen LogP contribution >= 0.6 is 0 Å². The summed E-state index contributed by atoms with van der Waals surface area (Å²) >= 11 is 0. The summed E-state index contributed by atoms with van der Waals surface area (Å²) in [5.74, 6) is 0.672. The summed E-state index contributed by atoms with van der Waals surface area (Å²) in [7, 11) is 0. The minimum Gasteiger partial charge on any atom is -0.338 e. The van der Waals surface area contributed by atoms with Crippen molar-refractivity contribution in [3.05, 3.63) is 40.4 Å². The molecule has 2 heterocycles. The topological polar surface area (TPSA) is 81.3 Å². The van der Waals surface area contributed by atoms with Gasteiger partial charge in [-0.05, 0) is 18.6 Å². The number of aromatic amines is 1. The lowest BCUT2D eigenvalue weighted by Crippen LogP contribution is -2.51. The van der Waals surface area contributed by atoms with Gasteiger partial charge in [-0.2, -0.15) is 0 Å². The number of benzene rings is 1. The summed E-state index contributed by atoms with van der Waals surface area (Å²) in [4.78, 5) is 35.8. The van der Waals surface area contributed by atoms with E-state index in [0.717, 1.165) is 44.4 Å². The van der Waals surface area contributed by atoms with E-state index >= 15 is 0 Å².